The van der Waals surface area contributed by atoms with Crippen LogP contribution in [0.4, 0.5) is 0 Å². The quantitative estimate of drug-likeness (QED) is 0.276. The van der Waals surface area contributed by atoms with Crippen LogP contribution in [0.15, 0.2) is 12.7 Å². The van der Waals surface area contributed by atoms with E-state index in [0.717, 1.165) is 17.1 Å². The van der Waals surface area contributed by atoms with Crippen molar-refractivity contribution < 1.29 is 18.8 Å². The van der Waals surface area contributed by atoms with Crippen LogP contribution in [0.2, 0.25) is 0 Å². The summed E-state index contributed by atoms with van der Waals surface area (Å²) in [6.07, 6.45) is 0.617. The van der Waals surface area contributed by atoms with Gasteiger partial charge in [-0.15, -0.1) is 0 Å². The van der Waals surface area contributed by atoms with Crippen LogP contribution in [0.25, 0.3) is 0 Å². The van der Waals surface area contributed by atoms with Crippen LogP contribution in [0.1, 0.15) is 6.92 Å². The molecule has 0 fully saturated rings. The van der Waals surface area contributed by atoms with Gasteiger partial charge in [0.05, 0.1) is 27.7 Å². The predicted octanol–water partition coefficient (Wildman–Crippen LogP) is 0.784. The number of quaternary nitrogens is 1. The second-order valence-corrected chi connectivity index (χ2v) is 4.09. The molecule has 0 aliphatic rings. The topological polar surface area (TPSA) is 35.5 Å². The van der Waals surface area contributed by atoms with E-state index in [1.807, 2.05) is 0 Å². The van der Waals surface area contributed by atoms with Gasteiger partial charge >= 0.3 is 5.97 Å². The van der Waals surface area contributed by atoms with Gasteiger partial charge in [0, 0.05) is 6.08 Å². The maximum atomic E-state index is 10.8. The fraction of sp³-hybridized carbons (Fsp3) is 0.700. The van der Waals surface area contributed by atoms with Gasteiger partial charge in [0.1, 0.15) is 6.54 Å². The molecule has 0 N–H and O–H groups in total. The number of likely N-dealkylation sites (N-methyl/N-ethyl adjacent to an activating group) is 1. The Labute approximate surface area is 85.7 Å². The summed E-state index contributed by atoms with van der Waals surface area (Å²) in [4.78, 5) is 10.8. The average Bonchev–Trinajstić information content (AvgIpc) is 2.01. The van der Waals surface area contributed by atoms with Gasteiger partial charge in [0.2, 0.25) is 6.29 Å². The third-order valence-corrected chi connectivity index (χ3v) is 1.56. The van der Waals surface area contributed by atoms with Crippen LogP contribution >= 0.6 is 0 Å². The van der Waals surface area contributed by atoms with Gasteiger partial charge in [-0.1, -0.05) is 6.58 Å². The number of nitrogens with zero attached hydrogens (tertiary/aromatic N) is 1. The van der Waals surface area contributed by atoms with Crippen molar-refractivity contribution in [3.63, 3.8) is 0 Å². The minimum absolute atomic E-state index is 0.456. The first-order valence-corrected chi connectivity index (χ1v) is 4.60. The minimum Gasteiger partial charge on any atom is -0.433 e. The van der Waals surface area contributed by atoms with Gasteiger partial charge in [0.25, 0.3) is 0 Å². The molecule has 0 aromatic rings. The summed E-state index contributed by atoms with van der Waals surface area (Å²) in [5, 5.41) is 0. The zero-order valence-electron chi connectivity index (χ0n) is 9.45. The highest BCUT2D eigenvalue weighted by Gasteiger charge is 2.10. The molecule has 0 rings (SSSR count). The maximum absolute atomic E-state index is 10.8. The normalized spacial score (nSPS) is 13.4. The van der Waals surface area contributed by atoms with Gasteiger partial charge in [0.15, 0.2) is 0 Å². The Morgan fingerprint density at radius 2 is 2.07 bits per heavy atom. The Kier molecular flexibility index (Phi) is 5.42. The lowest BCUT2D eigenvalue weighted by atomic mass is 10.5. The highest BCUT2D eigenvalue weighted by Crippen LogP contribution is 1.97. The van der Waals surface area contributed by atoms with Crippen molar-refractivity contribution in [1.29, 1.82) is 0 Å². The predicted molar refractivity (Wildman–Crippen MR) is 54.6 cm³/mol. The van der Waals surface area contributed by atoms with Crippen LogP contribution in [0.5, 0.6) is 0 Å². The van der Waals surface area contributed by atoms with Gasteiger partial charge in [-0.2, -0.15) is 0 Å². The maximum Gasteiger partial charge on any atom is 0.332 e. The van der Waals surface area contributed by atoms with E-state index < -0.39 is 12.3 Å². The number of hydrogen-bond acceptors (Lipinski definition) is 3. The van der Waals surface area contributed by atoms with Crippen molar-refractivity contribution in [2.24, 2.45) is 0 Å². The highest BCUT2D eigenvalue weighted by atomic mass is 16.7. The van der Waals surface area contributed by atoms with Gasteiger partial charge in [-0.05, 0) is 6.92 Å². The molecule has 0 spiro atoms. The van der Waals surface area contributed by atoms with E-state index in [9.17, 15) is 4.79 Å². The fourth-order valence-electron chi connectivity index (χ4n) is 0.738. The number of ether oxygens (including phenoxy) is 2. The second kappa shape index (κ2) is 5.78. The number of esters is 1. The molecular weight excluding hydrogens is 182 g/mol. The molecule has 0 radical (unpaired) electrons. The van der Waals surface area contributed by atoms with Crippen LogP contribution in [0.3, 0.4) is 0 Å². The molecule has 4 heteroatoms. The molecule has 0 amide bonds. The molecule has 0 heterocycles. The molecule has 82 valence electrons. The van der Waals surface area contributed by atoms with Gasteiger partial charge < -0.3 is 14.0 Å². The monoisotopic (exact) mass is 202 g/mol. The lowest BCUT2D eigenvalue weighted by molar-refractivity contribution is -0.871. The lowest BCUT2D eigenvalue weighted by Gasteiger charge is -2.24. The van der Waals surface area contributed by atoms with E-state index in [1.54, 1.807) is 6.92 Å². The minimum atomic E-state index is -0.507. The molecular formula is C10H20NO3+. The average molecular weight is 202 g/mol. The van der Waals surface area contributed by atoms with E-state index in [-0.39, 0.29) is 0 Å². The zero-order chi connectivity index (χ0) is 11.2. The third-order valence-electron chi connectivity index (χ3n) is 1.56. The second-order valence-electron chi connectivity index (χ2n) is 4.09. The van der Waals surface area contributed by atoms with E-state index in [2.05, 4.69) is 27.7 Å². The molecule has 14 heavy (non-hydrogen) atoms. The summed E-state index contributed by atoms with van der Waals surface area (Å²) in [7, 11) is 6.22. The van der Waals surface area contributed by atoms with Crippen LogP contribution in [0, 0.1) is 0 Å². The smallest absolute Gasteiger partial charge is 0.332 e. The molecule has 1 atom stereocenters. The Bertz CT molecular complexity index is 196. The summed E-state index contributed by atoms with van der Waals surface area (Å²) in [5.41, 5.74) is 0. The van der Waals surface area contributed by atoms with Gasteiger partial charge in [-0.3, -0.25) is 0 Å². The van der Waals surface area contributed by atoms with E-state index in [4.69, 9.17) is 9.47 Å². The molecule has 0 saturated carbocycles. The van der Waals surface area contributed by atoms with Gasteiger partial charge in [-0.25, -0.2) is 4.79 Å². The number of carbonyl (C=O) groups excluding carboxylic acids is 1. The summed E-state index contributed by atoms with van der Waals surface area (Å²) in [5.74, 6) is -0.456. The van der Waals surface area contributed by atoms with Crippen molar-refractivity contribution in [3.05, 3.63) is 12.7 Å². The number of hydrogen-bond donors (Lipinski definition) is 0. The standard InChI is InChI=1S/C10H20NO3/c1-6-10(12)14-9(2)13-8-7-11(3,4)5/h6,9H,1,7-8H2,2-5H3/q+1. The Hall–Kier alpha value is -0.870. The SMILES string of the molecule is C=CC(=O)OC(C)OCC[N+](C)(C)C. The van der Waals surface area contributed by atoms with Crippen LogP contribution < -0.4 is 0 Å². The van der Waals surface area contributed by atoms with Crippen molar-refractivity contribution >= 4 is 5.97 Å². The van der Waals surface area contributed by atoms with E-state index in [0.29, 0.717) is 6.61 Å². The molecule has 4 nitrogen and oxygen atoms in total. The molecule has 0 aromatic heterocycles. The largest absolute Gasteiger partial charge is 0.433 e. The fourth-order valence-corrected chi connectivity index (χ4v) is 0.738. The molecule has 0 bridgehead atoms. The Morgan fingerprint density at radius 3 is 2.50 bits per heavy atom. The lowest BCUT2D eigenvalue weighted by Crippen LogP contribution is -2.38. The first kappa shape index (κ1) is 13.1. The Morgan fingerprint density at radius 1 is 1.50 bits per heavy atom. The van der Waals surface area contributed by atoms with Crippen molar-refractivity contribution in [2.45, 2.75) is 13.2 Å². The summed E-state index contributed by atoms with van der Waals surface area (Å²) in [6, 6.07) is 0. The van der Waals surface area contributed by atoms with E-state index in [1.165, 1.54) is 0 Å². The number of rotatable bonds is 6. The zero-order valence-corrected chi connectivity index (χ0v) is 9.45. The van der Waals surface area contributed by atoms with Crippen LogP contribution in [-0.2, 0) is 14.3 Å². The Balaban J connectivity index is 3.59. The number of carbonyl (C=O) groups is 1. The third kappa shape index (κ3) is 7.76. The molecule has 0 aliphatic carbocycles. The molecule has 1 unspecified atom stereocenters. The summed E-state index contributed by atoms with van der Waals surface area (Å²) >= 11 is 0. The molecule has 0 saturated heterocycles. The van der Waals surface area contributed by atoms with Crippen molar-refractivity contribution in [2.75, 3.05) is 34.3 Å². The first-order chi connectivity index (χ1) is 6.35. The summed E-state index contributed by atoms with van der Waals surface area (Å²) < 4.78 is 10.9. The summed E-state index contributed by atoms with van der Waals surface area (Å²) in [6.45, 7) is 6.43. The van der Waals surface area contributed by atoms with E-state index >= 15 is 0 Å². The molecule has 0 aromatic carbocycles. The first-order valence-electron chi connectivity index (χ1n) is 4.60. The van der Waals surface area contributed by atoms with Crippen molar-refractivity contribution in [1.82, 2.24) is 0 Å². The highest BCUT2D eigenvalue weighted by molar-refractivity contribution is 5.81. The van der Waals surface area contributed by atoms with Crippen molar-refractivity contribution in [3.8, 4) is 0 Å². The molecule has 0 aliphatic heterocycles. The van der Waals surface area contributed by atoms with Crippen LogP contribution in [-0.4, -0.2) is 51.0 Å².